The van der Waals surface area contributed by atoms with Crippen molar-refractivity contribution in [3.63, 3.8) is 0 Å². The van der Waals surface area contributed by atoms with Gasteiger partial charge in [-0.1, -0.05) is 13.0 Å². The molecule has 1 unspecified atom stereocenters. The lowest BCUT2D eigenvalue weighted by molar-refractivity contribution is -0.172. The molecule has 0 aromatic carbocycles. The number of rotatable bonds is 0. The molecule has 0 saturated carbocycles. The minimum absolute atomic E-state index is 0.0512. The Morgan fingerprint density at radius 2 is 2.00 bits per heavy atom. The van der Waals surface area contributed by atoms with Gasteiger partial charge in [-0.25, -0.2) is 9.59 Å². The number of carbonyl (C=O) groups is 2. The zero-order valence-electron chi connectivity index (χ0n) is 14.9. The normalized spacial score (nSPS) is 47.4. The largest absolute Gasteiger partial charge is 0.459 e. The molecular formula is C18H25NO6. The summed E-state index contributed by atoms with van der Waals surface area (Å²) in [6, 6.07) is -0.0512. The van der Waals surface area contributed by atoms with Crippen LogP contribution in [0.2, 0.25) is 0 Å². The van der Waals surface area contributed by atoms with Crippen molar-refractivity contribution < 1.29 is 28.9 Å². The van der Waals surface area contributed by atoms with Gasteiger partial charge in [0.1, 0.15) is 12.7 Å². The van der Waals surface area contributed by atoms with E-state index in [0.29, 0.717) is 0 Å². The lowest BCUT2D eigenvalue weighted by atomic mass is 9.82. The monoisotopic (exact) mass is 351 g/mol. The topological polar surface area (TPSA) is 88.6 Å². The summed E-state index contributed by atoms with van der Waals surface area (Å²) < 4.78 is 16.9. The summed E-state index contributed by atoms with van der Waals surface area (Å²) in [6.45, 7) is 6.70. The Morgan fingerprint density at radius 1 is 1.28 bits per heavy atom. The van der Waals surface area contributed by atoms with E-state index in [-0.39, 0.29) is 37.2 Å². The van der Waals surface area contributed by atoms with Gasteiger partial charge in [0.05, 0.1) is 12.1 Å². The van der Waals surface area contributed by atoms with Crippen LogP contribution in [0.4, 0.5) is 0 Å². The van der Waals surface area contributed by atoms with Crippen LogP contribution in [0.15, 0.2) is 11.6 Å². The van der Waals surface area contributed by atoms with Crippen LogP contribution in [0.5, 0.6) is 0 Å². The van der Waals surface area contributed by atoms with E-state index in [2.05, 4.69) is 4.90 Å². The molecule has 25 heavy (non-hydrogen) atoms. The molecule has 4 heterocycles. The Balaban J connectivity index is 1.66. The third-order valence-corrected chi connectivity index (χ3v) is 6.36. The van der Waals surface area contributed by atoms with Crippen molar-refractivity contribution in [2.75, 3.05) is 19.7 Å². The Hall–Kier alpha value is -1.44. The summed E-state index contributed by atoms with van der Waals surface area (Å²) in [4.78, 5) is 27.5. The predicted molar refractivity (Wildman–Crippen MR) is 86.6 cm³/mol. The minimum atomic E-state index is -1.69. The van der Waals surface area contributed by atoms with Gasteiger partial charge in [0.25, 0.3) is 0 Å². The zero-order valence-corrected chi connectivity index (χ0v) is 14.9. The molecule has 0 bridgehead atoms. The second-order valence-corrected chi connectivity index (χ2v) is 7.93. The molecular weight excluding hydrogens is 326 g/mol. The zero-order chi connectivity index (χ0) is 18.0. The average molecular weight is 351 g/mol. The molecule has 7 nitrogen and oxygen atoms in total. The van der Waals surface area contributed by atoms with Crippen LogP contribution in [0.3, 0.4) is 0 Å². The maximum absolute atomic E-state index is 12.9. The number of cyclic esters (lactones) is 1. The van der Waals surface area contributed by atoms with Gasteiger partial charge in [-0.15, -0.1) is 0 Å². The van der Waals surface area contributed by atoms with Crippen molar-refractivity contribution in [1.82, 2.24) is 4.90 Å². The van der Waals surface area contributed by atoms with Gasteiger partial charge < -0.3 is 19.3 Å². The van der Waals surface area contributed by atoms with Crippen LogP contribution in [0.25, 0.3) is 0 Å². The van der Waals surface area contributed by atoms with E-state index in [4.69, 9.17) is 14.2 Å². The van der Waals surface area contributed by atoms with Crippen molar-refractivity contribution in [2.24, 2.45) is 5.92 Å². The fourth-order valence-corrected chi connectivity index (χ4v) is 4.31. The predicted octanol–water partition coefficient (Wildman–Crippen LogP) is 0.404. The molecule has 0 amide bonds. The maximum Gasteiger partial charge on any atom is 0.341 e. The Labute approximate surface area is 146 Å². The van der Waals surface area contributed by atoms with E-state index >= 15 is 0 Å². The average Bonchev–Trinajstić information content (AvgIpc) is 2.91. The van der Waals surface area contributed by atoms with Crippen molar-refractivity contribution in [1.29, 1.82) is 0 Å². The summed E-state index contributed by atoms with van der Waals surface area (Å²) >= 11 is 0. The van der Waals surface area contributed by atoms with E-state index in [9.17, 15) is 14.7 Å². The quantitative estimate of drug-likeness (QED) is 0.384. The van der Waals surface area contributed by atoms with E-state index in [1.807, 2.05) is 13.0 Å². The molecule has 4 aliphatic heterocycles. The van der Waals surface area contributed by atoms with Gasteiger partial charge in [-0.2, -0.15) is 0 Å². The molecule has 0 aromatic heterocycles. The molecule has 0 aliphatic carbocycles. The number of esters is 2. The molecule has 138 valence electrons. The highest BCUT2D eigenvalue weighted by Crippen LogP contribution is 2.46. The Kier molecular flexibility index (Phi) is 3.76. The number of hydrogen-bond acceptors (Lipinski definition) is 7. The SMILES string of the molecule is CC1C[C@@]2(O[C@H]2C)C(=O)O[C@@H]2CCN3CC=C(COC(=O)[C@]1(C)O)[C@H]23. The first kappa shape index (κ1) is 17.0. The molecule has 4 aliphatic rings. The molecule has 4 rings (SSSR count). The second-order valence-electron chi connectivity index (χ2n) is 7.93. The number of ether oxygens (including phenoxy) is 3. The fraction of sp³-hybridized carbons (Fsp3) is 0.778. The van der Waals surface area contributed by atoms with Crippen LogP contribution in [0.1, 0.15) is 33.6 Å². The van der Waals surface area contributed by atoms with Crippen LogP contribution >= 0.6 is 0 Å². The highest BCUT2D eigenvalue weighted by molar-refractivity contribution is 5.84. The first-order chi connectivity index (χ1) is 11.8. The number of carbonyl (C=O) groups excluding carboxylic acids is 2. The summed E-state index contributed by atoms with van der Waals surface area (Å²) in [5.74, 6) is -1.55. The molecule has 0 radical (unpaired) electrons. The Bertz CT molecular complexity index is 643. The van der Waals surface area contributed by atoms with Crippen LogP contribution in [0, 0.1) is 5.92 Å². The van der Waals surface area contributed by atoms with Crippen molar-refractivity contribution in [2.45, 2.75) is 63.1 Å². The van der Waals surface area contributed by atoms with E-state index in [1.54, 1.807) is 6.92 Å². The van der Waals surface area contributed by atoms with Gasteiger partial charge >= 0.3 is 11.9 Å². The van der Waals surface area contributed by atoms with Gasteiger partial charge in [0.15, 0.2) is 11.2 Å². The highest BCUT2D eigenvalue weighted by atomic mass is 16.7. The van der Waals surface area contributed by atoms with Gasteiger partial charge in [-0.05, 0) is 38.2 Å². The molecule has 3 fully saturated rings. The third kappa shape index (κ3) is 2.52. The molecule has 0 aromatic rings. The van der Waals surface area contributed by atoms with Crippen molar-refractivity contribution >= 4 is 11.9 Å². The third-order valence-electron chi connectivity index (χ3n) is 6.36. The highest BCUT2D eigenvalue weighted by Gasteiger charge is 2.64. The molecule has 7 heteroatoms. The number of hydrogen-bond donors (Lipinski definition) is 1. The number of epoxide rings is 1. The summed E-state index contributed by atoms with van der Waals surface area (Å²) in [7, 11) is 0. The molecule has 6 atom stereocenters. The summed E-state index contributed by atoms with van der Waals surface area (Å²) in [5, 5.41) is 10.7. The van der Waals surface area contributed by atoms with E-state index in [1.165, 1.54) is 6.92 Å². The Morgan fingerprint density at radius 3 is 2.68 bits per heavy atom. The maximum atomic E-state index is 12.9. The lowest BCUT2D eigenvalue weighted by Crippen LogP contribution is -2.48. The van der Waals surface area contributed by atoms with Crippen LogP contribution < -0.4 is 0 Å². The first-order valence-electron chi connectivity index (χ1n) is 8.97. The van der Waals surface area contributed by atoms with Crippen LogP contribution in [-0.2, 0) is 23.8 Å². The van der Waals surface area contributed by atoms with Crippen molar-refractivity contribution in [3.05, 3.63) is 11.6 Å². The van der Waals surface area contributed by atoms with E-state index < -0.39 is 23.1 Å². The fourth-order valence-electron chi connectivity index (χ4n) is 4.31. The second kappa shape index (κ2) is 5.53. The van der Waals surface area contributed by atoms with Gasteiger partial charge in [-0.3, -0.25) is 4.90 Å². The van der Waals surface area contributed by atoms with Gasteiger partial charge in [0.2, 0.25) is 0 Å². The lowest BCUT2D eigenvalue weighted by Gasteiger charge is -2.32. The molecule has 1 spiro atoms. The first-order valence-corrected chi connectivity index (χ1v) is 8.97. The summed E-state index contributed by atoms with van der Waals surface area (Å²) in [5.41, 5.74) is -1.82. The van der Waals surface area contributed by atoms with E-state index in [0.717, 1.165) is 25.1 Å². The number of aliphatic hydroxyl groups is 1. The van der Waals surface area contributed by atoms with Crippen LogP contribution in [-0.4, -0.2) is 71.1 Å². The number of nitrogens with zero attached hydrogens (tertiary/aromatic N) is 1. The summed E-state index contributed by atoms with van der Waals surface area (Å²) in [6.07, 6.45) is 2.48. The smallest absolute Gasteiger partial charge is 0.341 e. The molecule has 3 saturated heterocycles. The standard InChI is InChI=1S/C18H25NO6/c1-10-8-18(11(2)25-18)16(21)24-13-5-7-19-6-4-12(14(13)19)9-23-15(20)17(10,3)22/h4,10-11,13-14,22H,5-9H2,1-3H3/t10?,11-,13+,14+,17+,18-/m0/s1. The van der Waals surface area contributed by atoms with Crippen molar-refractivity contribution in [3.8, 4) is 0 Å². The minimum Gasteiger partial charge on any atom is -0.459 e. The van der Waals surface area contributed by atoms with Gasteiger partial charge in [0, 0.05) is 13.1 Å². The molecule has 1 N–H and O–H groups in total.